The fraction of sp³-hybridized carbons (Fsp3) is 0.667. The van der Waals surface area contributed by atoms with Crippen LogP contribution >= 0.6 is 0 Å². The predicted octanol–water partition coefficient (Wildman–Crippen LogP) is 1.51. The van der Waals surface area contributed by atoms with Gasteiger partial charge in [-0.3, -0.25) is 4.68 Å². The number of alkyl halides is 3. The molecule has 2 heterocycles. The van der Waals surface area contributed by atoms with Gasteiger partial charge in [-0.25, -0.2) is 4.79 Å². The molecule has 0 spiro atoms. The molecule has 1 unspecified atom stereocenters. The second-order valence-corrected chi connectivity index (χ2v) is 4.85. The summed E-state index contributed by atoms with van der Waals surface area (Å²) in [6.45, 7) is 2.68. The summed E-state index contributed by atoms with van der Waals surface area (Å²) in [5, 5.41) is 14.8. The number of aromatic nitrogens is 2. The highest BCUT2D eigenvalue weighted by Crippen LogP contribution is 2.34. The number of aliphatic carboxylic acids is 1. The Labute approximate surface area is 118 Å². The zero-order valence-corrected chi connectivity index (χ0v) is 11.1. The van der Waals surface area contributed by atoms with Gasteiger partial charge in [-0.2, -0.15) is 18.3 Å². The average molecular weight is 307 g/mol. The minimum absolute atomic E-state index is 0.205. The number of hydrogen-bond acceptors (Lipinski definition) is 4. The first-order valence-corrected chi connectivity index (χ1v) is 6.54. The zero-order chi connectivity index (χ0) is 15.5. The molecule has 1 aromatic heterocycles. The Hall–Kier alpha value is -1.61. The van der Waals surface area contributed by atoms with Crippen LogP contribution in [0.2, 0.25) is 0 Å². The van der Waals surface area contributed by atoms with Crippen molar-refractivity contribution in [2.75, 3.05) is 19.7 Å². The summed E-state index contributed by atoms with van der Waals surface area (Å²) >= 11 is 0. The monoisotopic (exact) mass is 307 g/mol. The van der Waals surface area contributed by atoms with Gasteiger partial charge in [-0.05, 0) is 12.8 Å². The van der Waals surface area contributed by atoms with Crippen LogP contribution in [0.5, 0.6) is 0 Å². The fourth-order valence-corrected chi connectivity index (χ4v) is 1.84. The molecule has 0 bridgehead atoms. The smallest absolute Gasteiger partial charge is 0.475 e. The van der Waals surface area contributed by atoms with Crippen molar-refractivity contribution in [3.63, 3.8) is 0 Å². The molecule has 1 saturated carbocycles. The predicted molar refractivity (Wildman–Crippen MR) is 65.8 cm³/mol. The molecule has 1 saturated heterocycles. The van der Waals surface area contributed by atoms with Crippen LogP contribution in [0.4, 0.5) is 13.2 Å². The lowest BCUT2D eigenvalue weighted by Crippen LogP contribution is -2.33. The van der Waals surface area contributed by atoms with Crippen LogP contribution < -0.4 is 5.32 Å². The van der Waals surface area contributed by atoms with E-state index in [1.54, 1.807) is 0 Å². The topological polar surface area (TPSA) is 76.4 Å². The number of hydrogen-bond donors (Lipinski definition) is 2. The highest BCUT2D eigenvalue weighted by atomic mass is 19.4. The number of morpholine rings is 1. The number of nitrogens with zero attached hydrogens (tertiary/aromatic N) is 2. The van der Waals surface area contributed by atoms with Crippen molar-refractivity contribution < 1.29 is 27.8 Å². The summed E-state index contributed by atoms with van der Waals surface area (Å²) in [6.07, 6.45) is 1.76. The van der Waals surface area contributed by atoms with Crippen LogP contribution in [0.3, 0.4) is 0 Å². The quantitative estimate of drug-likeness (QED) is 0.866. The maximum atomic E-state index is 10.6. The third-order valence-electron chi connectivity index (χ3n) is 3.08. The molecule has 1 atom stereocenters. The van der Waals surface area contributed by atoms with E-state index in [0.717, 1.165) is 19.7 Å². The summed E-state index contributed by atoms with van der Waals surface area (Å²) in [4.78, 5) is 8.90. The third kappa shape index (κ3) is 4.71. The van der Waals surface area contributed by atoms with Crippen molar-refractivity contribution in [3.8, 4) is 0 Å². The Morgan fingerprint density at radius 3 is 2.62 bits per heavy atom. The van der Waals surface area contributed by atoms with Crippen LogP contribution in [-0.2, 0) is 9.53 Å². The van der Waals surface area contributed by atoms with Crippen LogP contribution in [-0.4, -0.2) is 46.7 Å². The third-order valence-corrected chi connectivity index (χ3v) is 3.08. The zero-order valence-electron chi connectivity index (χ0n) is 11.1. The van der Waals surface area contributed by atoms with Gasteiger partial charge in [0.15, 0.2) is 0 Å². The lowest BCUT2D eigenvalue weighted by molar-refractivity contribution is -0.192. The van der Waals surface area contributed by atoms with Gasteiger partial charge in [0, 0.05) is 24.8 Å². The Bertz CT molecular complexity index is 480. The lowest BCUT2D eigenvalue weighted by Gasteiger charge is -2.22. The van der Waals surface area contributed by atoms with E-state index < -0.39 is 12.1 Å². The second kappa shape index (κ2) is 6.44. The van der Waals surface area contributed by atoms with Crippen molar-refractivity contribution in [1.29, 1.82) is 0 Å². The highest BCUT2D eigenvalue weighted by molar-refractivity contribution is 5.73. The first-order valence-electron chi connectivity index (χ1n) is 6.54. The van der Waals surface area contributed by atoms with E-state index >= 15 is 0 Å². The molecule has 21 heavy (non-hydrogen) atoms. The summed E-state index contributed by atoms with van der Waals surface area (Å²) in [6, 6.07) is 0.667. The van der Waals surface area contributed by atoms with E-state index in [1.165, 1.54) is 18.4 Å². The van der Waals surface area contributed by atoms with E-state index in [0.29, 0.717) is 6.04 Å². The number of carboxylic acids is 1. The summed E-state index contributed by atoms with van der Waals surface area (Å²) in [7, 11) is 0. The molecule has 0 aromatic carbocycles. The largest absolute Gasteiger partial charge is 0.490 e. The molecular weight excluding hydrogens is 291 g/mol. The number of ether oxygens (including phenoxy) is 1. The molecule has 2 fully saturated rings. The first kappa shape index (κ1) is 15.8. The number of carbonyl (C=O) groups is 1. The molecule has 2 aliphatic rings. The van der Waals surface area contributed by atoms with Crippen LogP contribution in [0, 0.1) is 0 Å². The van der Waals surface area contributed by atoms with Gasteiger partial charge < -0.3 is 15.2 Å². The molecule has 1 aromatic rings. The minimum atomic E-state index is -5.08. The van der Waals surface area contributed by atoms with Crippen molar-refractivity contribution in [3.05, 3.63) is 18.0 Å². The Morgan fingerprint density at radius 1 is 1.48 bits per heavy atom. The van der Waals surface area contributed by atoms with Crippen molar-refractivity contribution in [2.45, 2.75) is 31.2 Å². The lowest BCUT2D eigenvalue weighted by atomic mass is 10.2. The van der Waals surface area contributed by atoms with Gasteiger partial charge in [0.1, 0.15) is 0 Å². The number of halogens is 3. The number of carboxylic acid groups (broad SMARTS) is 1. The summed E-state index contributed by atoms with van der Waals surface area (Å²) < 4.78 is 39.5. The van der Waals surface area contributed by atoms with Crippen LogP contribution in [0.15, 0.2) is 12.4 Å². The molecule has 9 heteroatoms. The molecule has 1 aliphatic heterocycles. The van der Waals surface area contributed by atoms with E-state index in [4.69, 9.17) is 14.6 Å². The molecule has 2 N–H and O–H groups in total. The normalized spacial score (nSPS) is 22.3. The van der Waals surface area contributed by atoms with Gasteiger partial charge in [-0.15, -0.1) is 0 Å². The number of nitrogens with one attached hydrogen (secondary N) is 1. The van der Waals surface area contributed by atoms with Gasteiger partial charge >= 0.3 is 12.1 Å². The molecule has 3 rings (SSSR count). The van der Waals surface area contributed by atoms with Gasteiger partial charge in [-0.1, -0.05) is 0 Å². The summed E-state index contributed by atoms with van der Waals surface area (Å²) in [5.41, 5.74) is 1.21. The Morgan fingerprint density at radius 2 is 2.14 bits per heavy atom. The second-order valence-electron chi connectivity index (χ2n) is 4.85. The Kier molecular flexibility index (Phi) is 4.84. The van der Waals surface area contributed by atoms with Gasteiger partial charge in [0.05, 0.1) is 24.9 Å². The molecule has 0 radical (unpaired) electrons. The van der Waals surface area contributed by atoms with Gasteiger partial charge in [0.25, 0.3) is 0 Å². The summed E-state index contributed by atoms with van der Waals surface area (Å²) in [5.74, 6) is -2.76. The molecule has 1 aliphatic carbocycles. The van der Waals surface area contributed by atoms with E-state index in [2.05, 4.69) is 21.3 Å². The van der Waals surface area contributed by atoms with Crippen molar-refractivity contribution >= 4 is 5.97 Å². The van der Waals surface area contributed by atoms with Gasteiger partial charge in [0.2, 0.25) is 0 Å². The molecule has 6 nitrogen and oxygen atoms in total. The van der Waals surface area contributed by atoms with Crippen molar-refractivity contribution in [1.82, 2.24) is 15.1 Å². The average Bonchev–Trinajstić information content (AvgIpc) is 3.17. The molecular formula is C12H16F3N3O3. The van der Waals surface area contributed by atoms with Crippen LogP contribution in [0.1, 0.15) is 30.6 Å². The van der Waals surface area contributed by atoms with Crippen molar-refractivity contribution in [2.24, 2.45) is 0 Å². The van der Waals surface area contributed by atoms with Crippen LogP contribution in [0.25, 0.3) is 0 Å². The minimum Gasteiger partial charge on any atom is -0.475 e. The maximum absolute atomic E-state index is 10.6. The number of rotatable bonds is 2. The Balaban J connectivity index is 0.000000199. The molecule has 118 valence electrons. The van der Waals surface area contributed by atoms with E-state index in [9.17, 15) is 13.2 Å². The SMILES string of the molecule is O=C(O)C(F)(F)F.c1nn(C2CC2)cc1C1CNCCO1. The standard InChI is InChI=1S/C10H15N3O.C2HF3O2/c1-2-9(1)13-7-8(5-12-13)10-6-11-3-4-14-10;3-2(4,5)1(6)7/h5,7,9-11H,1-4,6H2;(H,6,7). The fourth-order valence-electron chi connectivity index (χ4n) is 1.84. The molecule has 0 amide bonds. The first-order chi connectivity index (χ1) is 9.88. The van der Waals surface area contributed by atoms with E-state index in [-0.39, 0.29) is 6.10 Å². The van der Waals surface area contributed by atoms with E-state index in [1.807, 2.05) is 6.20 Å². The maximum Gasteiger partial charge on any atom is 0.490 e. The highest BCUT2D eigenvalue weighted by Gasteiger charge is 2.38.